The van der Waals surface area contributed by atoms with Gasteiger partial charge in [0.05, 0.1) is 0 Å². The Bertz CT molecular complexity index is 349. The molecular weight excluding hydrogens is 210 g/mol. The van der Waals surface area contributed by atoms with Crippen LogP contribution in [0.2, 0.25) is 0 Å². The lowest BCUT2D eigenvalue weighted by molar-refractivity contribution is 0.406. The number of benzene rings is 1. The van der Waals surface area contributed by atoms with Gasteiger partial charge in [0, 0.05) is 18.2 Å². The Balaban J connectivity index is 2.47. The lowest BCUT2D eigenvalue weighted by atomic mass is 10.00. The average Bonchev–Trinajstić information content (AvgIpc) is 2.30. The fourth-order valence-corrected chi connectivity index (χ4v) is 1.99. The van der Waals surface area contributed by atoms with Crippen molar-refractivity contribution in [3.63, 3.8) is 0 Å². The lowest BCUT2D eigenvalue weighted by Gasteiger charge is -2.18. The zero-order valence-corrected chi connectivity index (χ0v) is 11.5. The molecule has 0 radical (unpaired) electrons. The number of aryl methyl sites for hydroxylation is 1. The van der Waals surface area contributed by atoms with Crippen molar-refractivity contribution < 1.29 is 5.11 Å². The van der Waals surface area contributed by atoms with Crippen molar-refractivity contribution in [2.75, 3.05) is 0 Å². The van der Waals surface area contributed by atoms with Gasteiger partial charge in [0.25, 0.3) is 0 Å². The van der Waals surface area contributed by atoms with Crippen LogP contribution in [0.15, 0.2) is 18.2 Å². The molecule has 0 saturated heterocycles. The highest BCUT2D eigenvalue weighted by atomic mass is 16.3. The summed E-state index contributed by atoms with van der Waals surface area (Å²) in [6.45, 7) is 9.50. The van der Waals surface area contributed by atoms with Gasteiger partial charge in [0.1, 0.15) is 5.75 Å². The first-order valence-corrected chi connectivity index (χ1v) is 6.54. The monoisotopic (exact) mass is 235 g/mol. The van der Waals surface area contributed by atoms with E-state index in [2.05, 4.69) is 26.1 Å². The number of hydrogen-bond donors (Lipinski definition) is 2. The molecule has 17 heavy (non-hydrogen) atoms. The summed E-state index contributed by atoms with van der Waals surface area (Å²) in [5.74, 6) is 1.14. The highest BCUT2D eigenvalue weighted by Crippen LogP contribution is 2.18. The molecule has 0 fully saturated rings. The first-order valence-electron chi connectivity index (χ1n) is 6.54. The van der Waals surface area contributed by atoms with Crippen LogP contribution in [0.3, 0.4) is 0 Å². The molecule has 1 aromatic carbocycles. The van der Waals surface area contributed by atoms with E-state index in [4.69, 9.17) is 0 Å². The fraction of sp³-hybridized carbons (Fsp3) is 0.600. The Kier molecular flexibility index (Phi) is 5.49. The van der Waals surface area contributed by atoms with E-state index in [0.29, 0.717) is 11.8 Å². The van der Waals surface area contributed by atoms with E-state index >= 15 is 0 Å². The third-order valence-corrected chi connectivity index (χ3v) is 3.33. The molecule has 96 valence electrons. The average molecular weight is 235 g/mol. The van der Waals surface area contributed by atoms with E-state index < -0.39 is 0 Å². The summed E-state index contributed by atoms with van der Waals surface area (Å²) in [7, 11) is 0. The first-order chi connectivity index (χ1) is 8.02. The van der Waals surface area contributed by atoms with Crippen molar-refractivity contribution in [2.45, 2.75) is 53.1 Å². The maximum Gasteiger partial charge on any atom is 0.120 e. The number of rotatable bonds is 6. The zero-order valence-electron chi connectivity index (χ0n) is 11.5. The Morgan fingerprint density at radius 3 is 2.65 bits per heavy atom. The van der Waals surface area contributed by atoms with Crippen molar-refractivity contribution in [2.24, 2.45) is 5.92 Å². The molecule has 0 saturated carbocycles. The van der Waals surface area contributed by atoms with Crippen LogP contribution in [-0.4, -0.2) is 11.1 Å². The van der Waals surface area contributed by atoms with Crippen LogP contribution in [0, 0.1) is 12.8 Å². The third kappa shape index (κ3) is 4.78. The van der Waals surface area contributed by atoms with Crippen LogP contribution in [0.5, 0.6) is 5.75 Å². The molecule has 0 aliphatic carbocycles. The fourth-order valence-electron chi connectivity index (χ4n) is 1.99. The topological polar surface area (TPSA) is 32.3 Å². The molecule has 2 nitrogen and oxygen atoms in total. The smallest absolute Gasteiger partial charge is 0.120 e. The van der Waals surface area contributed by atoms with Gasteiger partial charge in [-0.15, -0.1) is 0 Å². The maximum atomic E-state index is 9.74. The van der Waals surface area contributed by atoms with Crippen molar-refractivity contribution in [1.82, 2.24) is 5.32 Å². The van der Waals surface area contributed by atoms with Gasteiger partial charge < -0.3 is 10.4 Å². The predicted octanol–water partition coefficient (Wildman–Crippen LogP) is 3.61. The first kappa shape index (κ1) is 14.0. The zero-order chi connectivity index (χ0) is 12.8. The summed E-state index contributed by atoms with van der Waals surface area (Å²) in [4.78, 5) is 0. The molecule has 1 aromatic rings. The summed E-state index contributed by atoms with van der Waals surface area (Å²) < 4.78 is 0. The highest BCUT2D eigenvalue weighted by Gasteiger charge is 2.08. The maximum absolute atomic E-state index is 9.74. The quantitative estimate of drug-likeness (QED) is 0.789. The van der Waals surface area contributed by atoms with Gasteiger partial charge in [-0.2, -0.15) is 0 Å². The summed E-state index contributed by atoms with van der Waals surface area (Å²) in [5.41, 5.74) is 2.18. The molecule has 2 unspecified atom stereocenters. The second-order valence-corrected chi connectivity index (χ2v) is 5.16. The SMILES string of the molecule is CCC(C)CC(C)NCc1cc(C)ccc1O. The van der Waals surface area contributed by atoms with Gasteiger partial charge in [-0.05, 0) is 32.3 Å². The minimum atomic E-state index is 0.388. The molecule has 0 aliphatic rings. The van der Waals surface area contributed by atoms with Crippen LogP contribution in [0.25, 0.3) is 0 Å². The van der Waals surface area contributed by atoms with Crippen LogP contribution < -0.4 is 5.32 Å². The van der Waals surface area contributed by atoms with E-state index in [-0.39, 0.29) is 0 Å². The normalized spacial score (nSPS) is 14.6. The molecule has 0 aliphatic heterocycles. The third-order valence-electron chi connectivity index (χ3n) is 3.33. The summed E-state index contributed by atoms with van der Waals surface area (Å²) in [6.07, 6.45) is 2.41. The number of nitrogens with one attached hydrogen (secondary N) is 1. The van der Waals surface area contributed by atoms with Gasteiger partial charge in [-0.1, -0.05) is 38.0 Å². The van der Waals surface area contributed by atoms with Crippen molar-refractivity contribution in [1.29, 1.82) is 0 Å². The number of aromatic hydroxyl groups is 1. The Morgan fingerprint density at radius 1 is 1.29 bits per heavy atom. The minimum Gasteiger partial charge on any atom is -0.508 e. The Labute approximate surface area is 105 Å². The molecule has 1 rings (SSSR count). The van der Waals surface area contributed by atoms with Gasteiger partial charge in [0.2, 0.25) is 0 Å². The van der Waals surface area contributed by atoms with E-state index in [0.717, 1.165) is 18.0 Å². The van der Waals surface area contributed by atoms with Gasteiger partial charge >= 0.3 is 0 Å². The molecular formula is C15H25NO. The van der Waals surface area contributed by atoms with E-state index in [1.54, 1.807) is 6.07 Å². The van der Waals surface area contributed by atoms with Crippen LogP contribution in [0.4, 0.5) is 0 Å². The van der Waals surface area contributed by atoms with E-state index in [9.17, 15) is 5.11 Å². The summed E-state index contributed by atoms with van der Waals surface area (Å²) in [5, 5.41) is 13.2. The molecule has 2 heteroatoms. The summed E-state index contributed by atoms with van der Waals surface area (Å²) in [6, 6.07) is 6.23. The molecule has 0 spiro atoms. The van der Waals surface area contributed by atoms with Crippen LogP contribution >= 0.6 is 0 Å². The molecule has 0 amide bonds. The molecule has 0 bridgehead atoms. The van der Waals surface area contributed by atoms with Crippen molar-refractivity contribution in [3.8, 4) is 5.75 Å². The number of phenolic OH excluding ortho intramolecular Hbond substituents is 1. The van der Waals surface area contributed by atoms with Gasteiger partial charge in [-0.25, -0.2) is 0 Å². The van der Waals surface area contributed by atoms with E-state index in [1.165, 1.54) is 18.4 Å². The van der Waals surface area contributed by atoms with E-state index in [1.807, 2.05) is 19.1 Å². The number of hydrogen-bond acceptors (Lipinski definition) is 2. The van der Waals surface area contributed by atoms with Gasteiger partial charge in [0.15, 0.2) is 0 Å². The number of phenols is 1. The highest BCUT2D eigenvalue weighted by molar-refractivity contribution is 5.35. The van der Waals surface area contributed by atoms with Crippen molar-refractivity contribution in [3.05, 3.63) is 29.3 Å². The minimum absolute atomic E-state index is 0.388. The van der Waals surface area contributed by atoms with Gasteiger partial charge in [-0.3, -0.25) is 0 Å². The van der Waals surface area contributed by atoms with Crippen LogP contribution in [-0.2, 0) is 6.54 Å². The Morgan fingerprint density at radius 2 is 2.00 bits per heavy atom. The predicted molar refractivity (Wildman–Crippen MR) is 73.2 cm³/mol. The standard InChI is InChI=1S/C15H25NO/c1-5-11(2)8-13(4)16-10-14-9-12(3)6-7-15(14)17/h6-7,9,11,13,16-17H,5,8,10H2,1-4H3. The second-order valence-electron chi connectivity index (χ2n) is 5.16. The lowest BCUT2D eigenvalue weighted by Crippen LogP contribution is -2.27. The molecule has 2 N–H and O–H groups in total. The largest absolute Gasteiger partial charge is 0.508 e. The molecule has 2 atom stereocenters. The molecule has 0 aromatic heterocycles. The molecule has 0 heterocycles. The second kappa shape index (κ2) is 6.65. The Hall–Kier alpha value is -1.02. The summed E-state index contributed by atoms with van der Waals surface area (Å²) >= 11 is 0. The van der Waals surface area contributed by atoms with Crippen molar-refractivity contribution >= 4 is 0 Å². The van der Waals surface area contributed by atoms with Crippen LogP contribution in [0.1, 0.15) is 44.7 Å².